The molecule has 1 aromatic carbocycles. The summed E-state index contributed by atoms with van der Waals surface area (Å²) in [6.45, 7) is 5.72. The molecular weight excluding hydrogens is 256 g/mol. The Morgan fingerprint density at radius 1 is 1.20 bits per heavy atom. The number of benzene rings is 1. The van der Waals surface area contributed by atoms with E-state index in [4.69, 9.17) is 9.47 Å². The van der Waals surface area contributed by atoms with Gasteiger partial charge in [0.05, 0.1) is 13.2 Å². The summed E-state index contributed by atoms with van der Waals surface area (Å²) in [6.07, 6.45) is 0.943. The van der Waals surface area contributed by atoms with E-state index in [9.17, 15) is 4.79 Å². The van der Waals surface area contributed by atoms with Gasteiger partial charge in [-0.25, -0.2) is 0 Å². The van der Waals surface area contributed by atoms with E-state index in [2.05, 4.69) is 10.6 Å². The molecule has 0 radical (unpaired) electrons. The lowest BCUT2D eigenvalue weighted by Crippen LogP contribution is -2.43. The second-order valence-corrected chi connectivity index (χ2v) is 4.49. The average Bonchev–Trinajstić information content (AvgIpc) is 2.49. The molecule has 1 unspecified atom stereocenters. The number of ether oxygens (including phenoxy) is 2. The molecule has 1 aromatic rings. The Bertz CT molecular complexity index is 393. The van der Waals surface area contributed by atoms with Gasteiger partial charge in [-0.05, 0) is 37.6 Å². The molecule has 0 aliphatic heterocycles. The molecule has 112 valence electrons. The van der Waals surface area contributed by atoms with Gasteiger partial charge in [-0.15, -0.1) is 0 Å². The molecule has 0 spiro atoms. The predicted molar refractivity (Wildman–Crippen MR) is 79.3 cm³/mol. The number of carbonyl (C=O) groups is 1. The van der Waals surface area contributed by atoms with Crippen LogP contribution in [0.5, 0.6) is 11.5 Å². The number of rotatable bonds is 9. The summed E-state index contributed by atoms with van der Waals surface area (Å²) in [6, 6.07) is 7.21. The number of amides is 1. The fraction of sp³-hybridized carbons (Fsp3) is 0.533. The van der Waals surface area contributed by atoms with Gasteiger partial charge in [0.2, 0.25) is 5.91 Å². The van der Waals surface area contributed by atoms with Gasteiger partial charge < -0.3 is 20.1 Å². The molecule has 0 saturated carbocycles. The van der Waals surface area contributed by atoms with Crippen molar-refractivity contribution < 1.29 is 14.3 Å². The standard InChI is InChI=1S/C15H24N2O3/c1-4-9-17-15(18)12(2)16-10-11-20-14-7-5-13(19-3)6-8-14/h5-8,12,16H,4,9-11H2,1-3H3,(H,17,18). The van der Waals surface area contributed by atoms with Crippen LogP contribution in [0.25, 0.3) is 0 Å². The van der Waals surface area contributed by atoms with Gasteiger partial charge in [0.25, 0.3) is 0 Å². The number of nitrogens with one attached hydrogen (secondary N) is 2. The highest BCUT2D eigenvalue weighted by molar-refractivity contribution is 5.81. The number of hydrogen-bond donors (Lipinski definition) is 2. The molecule has 5 nitrogen and oxygen atoms in total. The van der Waals surface area contributed by atoms with Crippen LogP contribution in [-0.4, -0.2) is 38.8 Å². The Hall–Kier alpha value is -1.75. The van der Waals surface area contributed by atoms with E-state index in [1.165, 1.54) is 0 Å². The predicted octanol–water partition coefficient (Wildman–Crippen LogP) is 1.58. The molecule has 1 rings (SSSR count). The normalized spacial score (nSPS) is 11.8. The maximum Gasteiger partial charge on any atom is 0.236 e. The van der Waals surface area contributed by atoms with Gasteiger partial charge in [0.15, 0.2) is 0 Å². The monoisotopic (exact) mass is 280 g/mol. The number of carbonyl (C=O) groups excluding carboxylic acids is 1. The third-order valence-corrected chi connectivity index (χ3v) is 2.82. The van der Waals surface area contributed by atoms with Crippen molar-refractivity contribution in [2.75, 3.05) is 26.8 Å². The van der Waals surface area contributed by atoms with Crippen molar-refractivity contribution in [2.45, 2.75) is 26.3 Å². The van der Waals surface area contributed by atoms with Gasteiger partial charge in [0, 0.05) is 13.1 Å². The smallest absolute Gasteiger partial charge is 0.236 e. The molecule has 0 heterocycles. The van der Waals surface area contributed by atoms with Crippen molar-refractivity contribution in [3.8, 4) is 11.5 Å². The summed E-state index contributed by atoms with van der Waals surface area (Å²) < 4.78 is 10.6. The first-order valence-electron chi connectivity index (χ1n) is 6.95. The van der Waals surface area contributed by atoms with Crippen LogP contribution in [0.1, 0.15) is 20.3 Å². The highest BCUT2D eigenvalue weighted by atomic mass is 16.5. The minimum absolute atomic E-state index is 0.0243. The van der Waals surface area contributed by atoms with Crippen LogP contribution in [0.2, 0.25) is 0 Å². The fourth-order valence-corrected chi connectivity index (χ4v) is 1.61. The Morgan fingerprint density at radius 2 is 1.85 bits per heavy atom. The Balaban J connectivity index is 2.18. The van der Waals surface area contributed by atoms with E-state index in [-0.39, 0.29) is 11.9 Å². The molecule has 0 saturated heterocycles. The van der Waals surface area contributed by atoms with Gasteiger partial charge >= 0.3 is 0 Å². The molecule has 0 fully saturated rings. The third-order valence-electron chi connectivity index (χ3n) is 2.82. The van der Waals surface area contributed by atoms with Crippen LogP contribution < -0.4 is 20.1 Å². The zero-order valence-electron chi connectivity index (χ0n) is 12.4. The summed E-state index contributed by atoms with van der Waals surface area (Å²) in [5, 5.41) is 5.97. The van der Waals surface area contributed by atoms with Gasteiger partial charge in [-0.1, -0.05) is 6.92 Å². The van der Waals surface area contributed by atoms with Crippen LogP contribution in [0, 0.1) is 0 Å². The van der Waals surface area contributed by atoms with Crippen LogP contribution in [0.3, 0.4) is 0 Å². The van der Waals surface area contributed by atoms with Crippen molar-refractivity contribution in [1.29, 1.82) is 0 Å². The summed E-state index contributed by atoms with van der Waals surface area (Å²) in [5.74, 6) is 1.61. The van der Waals surface area contributed by atoms with E-state index in [1.54, 1.807) is 7.11 Å². The molecule has 0 aliphatic rings. The lowest BCUT2D eigenvalue weighted by molar-refractivity contribution is -0.122. The van der Waals surface area contributed by atoms with Crippen LogP contribution in [-0.2, 0) is 4.79 Å². The summed E-state index contributed by atoms with van der Waals surface area (Å²) >= 11 is 0. The molecule has 0 aromatic heterocycles. The molecule has 20 heavy (non-hydrogen) atoms. The summed E-state index contributed by atoms with van der Waals surface area (Å²) in [7, 11) is 1.63. The van der Waals surface area contributed by atoms with Crippen LogP contribution in [0.15, 0.2) is 24.3 Å². The second kappa shape index (κ2) is 9.20. The van der Waals surface area contributed by atoms with Crippen molar-refractivity contribution in [3.63, 3.8) is 0 Å². The fourth-order valence-electron chi connectivity index (χ4n) is 1.61. The van der Waals surface area contributed by atoms with Crippen molar-refractivity contribution in [3.05, 3.63) is 24.3 Å². The van der Waals surface area contributed by atoms with E-state index < -0.39 is 0 Å². The molecule has 0 bridgehead atoms. The van der Waals surface area contributed by atoms with E-state index in [0.29, 0.717) is 19.7 Å². The molecular formula is C15H24N2O3. The number of methoxy groups -OCH3 is 1. The summed E-state index contributed by atoms with van der Waals surface area (Å²) in [5.41, 5.74) is 0. The first-order valence-corrected chi connectivity index (χ1v) is 6.95. The Morgan fingerprint density at radius 3 is 2.45 bits per heavy atom. The third kappa shape index (κ3) is 5.93. The van der Waals surface area contributed by atoms with Crippen molar-refractivity contribution >= 4 is 5.91 Å². The van der Waals surface area contributed by atoms with Gasteiger partial charge in [-0.3, -0.25) is 4.79 Å². The minimum Gasteiger partial charge on any atom is -0.497 e. The Labute approximate surface area is 120 Å². The summed E-state index contributed by atoms with van der Waals surface area (Å²) in [4.78, 5) is 11.6. The molecule has 1 amide bonds. The topological polar surface area (TPSA) is 59.6 Å². The van der Waals surface area contributed by atoms with E-state index >= 15 is 0 Å². The quantitative estimate of drug-likeness (QED) is 0.674. The zero-order valence-corrected chi connectivity index (χ0v) is 12.4. The Kier molecular flexibility index (Phi) is 7.50. The molecule has 1 atom stereocenters. The zero-order chi connectivity index (χ0) is 14.8. The van der Waals surface area contributed by atoms with E-state index in [1.807, 2.05) is 38.1 Å². The molecule has 5 heteroatoms. The lowest BCUT2D eigenvalue weighted by atomic mass is 10.3. The first kappa shape index (κ1) is 16.3. The average molecular weight is 280 g/mol. The molecule has 0 aliphatic carbocycles. The highest BCUT2D eigenvalue weighted by Gasteiger charge is 2.10. The van der Waals surface area contributed by atoms with Crippen molar-refractivity contribution in [2.24, 2.45) is 0 Å². The largest absolute Gasteiger partial charge is 0.497 e. The molecule has 2 N–H and O–H groups in total. The lowest BCUT2D eigenvalue weighted by Gasteiger charge is -2.14. The SMILES string of the molecule is CCCNC(=O)C(C)NCCOc1ccc(OC)cc1. The van der Waals surface area contributed by atoms with Gasteiger partial charge in [0.1, 0.15) is 18.1 Å². The van der Waals surface area contributed by atoms with Crippen molar-refractivity contribution in [1.82, 2.24) is 10.6 Å². The maximum absolute atomic E-state index is 11.6. The van der Waals surface area contributed by atoms with E-state index in [0.717, 1.165) is 17.9 Å². The van der Waals surface area contributed by atoms with Gasteiger partial charge in [-0.2, -0.15) is 0 Å². The van der Waals surface area contributed by atoms with Crippen LogP contribution >= 0.6 is 0 Å². The van der Waals surface area contributed by atoms with Crippen LogP contribution in [0.4, 0.5) is 0 Å². The minimum atomic E-state index is -0.207. The second-order valence-electron chi connectivity index (χ2n) is 4.49. The maximum atomic E-state index is 11.6. The number of hydrogen-bond acceptors (Lipinski definition) is 4. The highest BCUT2D eigenvalue weighted by Crippen LogP contribution is 2.16. The first-order chi connectivity index (χ1) is 9.67.